The first kappa shape index (κ1) is 18.6. The molecule has 0 bridgehead atoms. The van der Waals surface area contributed by atoms with Crippen molar-refractivity contribution in [1.29, 1.82) is 0 Å². The second-order valence-corrected chi connectivity index (χ2v) is 6.83. The lowest BCUT2D eigenvalue weighted by atomic mass is 9.93. The van der Waals surface area contributed by atoms with Crippen LogP contribution in [-0.4, -0.2) is 34.7 Å². The molecule has 1 heterocycles. The van der Waals surface area contributed by atoms with Crippen molar-refractivity contribution in [2.75, 3.05) is 6.54 Å². The number of fused-ring (bicyclic) bond motifs is 1. The van der Waals surface area contributed by atoms with Crippen LogP contribution >= 0.6 is 0 Å². The Morgan fingerprint density at radius 3 is 2.22 bits per heavy atom. The molecule has 0 aliphatic carbocycles. The van der Waals surface area contributed by atoms with Gasteiger partial charge in [-0.05, 0) is 43.0 Å². The normalized spacial score (nSPS) is 14.6. The van der Waals surface area contributed by atoms with Crippen LogP contribution in [0.4, 0.5) is 0 Å². The van der Waals surface area contributed by atoms with Crippen LogP contribution in [0.3, 0.4) is 0 Å². The first-order chi connectivity index (χ1) is 13.0. The van der Waals surface area contributed by atoms with Crippen LogP contribution in [-0.2, 0) is 6.42 Å². The Morgan fingerprint density at radius 2 is 1.70 bits per heavy atom. The Hall–Kier alpha value is -3.21. The average molecular weight is 362 g/mol. The molecule has 0 saturated carbocycles. The van der Waals surface area contributed by atoms with E-state index < -0.39 is 0 Å². The van der Waals surface area contributed by atoms with Crippen LogP contribution < -0.4 is 0 Å². The summed E-state index contributed by atoms with van der Waals surface area (Å²) < 4.78 is 0. The van der Waals surface area contributed by atoms with Crippen molar-refractivity contribution in [1.82, 2.24) is 4.90 Å². The van der Waals surface area contributed by atoms with Crippen molar-refractivity contribution in [3.05, 3.63) is 82.9 Å². The Bertz CT molecular complexity index is 865. The molecule has 1 unspecified atom stereocenters. The number of hydrogen-bond acceptors (Lipinski definition) is 4. The summed E-state index contributed by atoms with van der Waals surface area (Å²) in [7, 11) is 0. The summed E-state index contributed by atoms with van der Waals surface area (Å²) >= 11 is 0. The third-order valence-electron chi connectivity index (χ3n) is 4.73. The molecular weight excluding hydrogens is 340 g/mol. The summed E-state index contributed by atoms with van der Waals surface area (Å²) in [4.78, 5) is 26.1. The average Bonchev–Trinajstić information content (AvgIpc) is 2.91. The molecule has 138 valence electrons. The van der Waals surface area contributed by atoms with Crippen molar-refractivity contribution >= 4 is 18.0 Å². The molecule has 1 aliphatic rings. The van der Waals surface area contributed by atoms with E-state index in [9.17, 15) is 9.59 Å². The molecule has 0 radical (unpaired) electrons. The number of benzene rings is 2. The maximum Gasteiger partial charge on any atom is 0.261 e. The van der Waals surface area contributed by atoms with E-state index in [2.05, 4.69) is 11.7 Å². The van der Waals surface area contributed by atoms with Gasteiger partial charge in [0.25, 0.3) is 11.8 Å². The molecule has 27 heavy (non-hydrogen) atoms. The van der Waals surface area contributed by atoms with Gasteiger partial charge >= 0.3 is 0 Å². The van der Waals surface area contributed by atoms with E-state index in [1.807, 2.05) is 31.2 Å². The van der Waals surface area contributed by atoms with E-state index in [-0.39, 0.29) is 17.7 Å². The number of allylic oxidation sites excluding steroid dienone is 1. The van der Waals surface area contributed by atoms with Gasteiger partial charge in [-0.15, -0.1) is 11.7 Å². The van der Waals surface area contributed by atoms with Crippen LogP contribution in [0, 0.1) is 0 Å². The molecule has 2 aromatic carbocycles. The fourth-order valence-corrected chi connectivity index (χ4v) is 3.33. The Labute approximate surface area is 158 Å². The molecule has 0 fully saturated rings. The number of hydrogen-bond donors (Lipinski definition) is 1. The van der Waals surface area contributed by atoms with Crippen molar-refractivity contribution < 1.29 is 14.8 Å². The predicted octanol–water partition coefficient (Wildman–Crippen LogP) is 4.04. The minimum atomic E-state index is -0.229. The molecule has 0 aromatic heterocycles. The molecule has 1 N–H and O–H groups in total. The lowest BCUT2D eigenvalue weighted by Crippen LogP contribution is -2.31. The molecule has 5 nitrogen and oxygen atoms in total. The Balaban J connectivity index is 1.67. The summed E-state index contributed by atoms with van der Waals surface area (Å²) in [6.45, 7) is 6.20. The molecule has 2 aromatic rings. The monoisotopic (exact) mass is 362 g/mol. The fraction of sp³-hybridized carbons (Fsp3) is 0.227. The SMILES string of the molecule is C=C(C)CC(C=NO)c1ccc(CCN2C(=O)c3ccccc3C2=O)cc1. The van der Waals surface area contributed by atoms with Gasteiger partial charge in [-0.25, -0.2) is 0 Å². The number of carbonyl (C=O) groups is 2. The second kappa shape index (κ2) is 7.99. The molecule has 0 saturated heterocycles. The first-order valence-electron chi connectivity index (χ1n) is 8.87. The molecular formula is C22H22N2O3. The smallest absolute Gasteiger partial charge is 0.261 e. The number of amides is 2. The molecule has 0 spiro atoms. The third kappa shape index (κ3) is 3.97. The summed E-state index contributed by atoms with van der Waals surface area (Å²) in [5.74, 6) is -0.487. The van der Waals surface area contributed by atoms with Crippen molar-refractivity contribution in [2.24, 2.45) is 5.16 Å². The van der Waals surface area contributed by atoms with Crippen LogP contribution in [0.15, 0.2) is 65.8 Å². The van der Waals surface area contributed by atoms with Crippen LogP contribution in [0.5, 0.6) is 0 Å². The second-order valence-electron chi connectivity index (χ2n) is 6.83. The van der Waals surface area contributed by atoms with Crippen molar-refractivity contribution in [3.8, 4) is 0 Å². The zero-order valence-electron chi connectivity index (χ0n) is 15.3. The number of imide groups is 1. The minimum absolute atomic E-state index is 0.0298. The van der Waals surface area contributed by atoms with E-state index >= 15 is 0 Å². The zero-order valence-corrected chi connectivity index (χ0v) is 15.3. The number of nitrogens with zero attached hydrogens (tertiary/aromatic N) is 2. The van der Waals surface area contributed by atoms with E-state index in [4.69, 9.17) is 5.21 Å². The Kier molecular flexibility index (Phi) is 5.50. The first-order valence-corrected chi connectivity index (χ1v) is 8.87. The zero-order chi connectivity index (χ0) is 19.4. The largest absolute Gasteiger partial charge is 0.411 e. The summed E-state index contributed by atoms with van der Waals surface area (Å²) in [5, 5.41) is 12.0. The van der Waals surface area contributed by atoms with Crippen molar-refractivity contribution in [3.63, 3.8) is 0 Å². The van der Waals surface area contributed by atoms with Gasteiger partial charge in [0.2, 0.25) is 0 Å². The van der Waals surface area contributed by atoms with Gasteiger partial charge in [-0.1, -0.05) is 42.0 Å². The number of oxime groups is 1. The summed E-state index contributed by atoms with van der Waals surface area (Å²) in [5.41, 5.74) is 4.02. The fourth-order valence-electron chi connectivity index (χ4n) is 3.33. The third-order valence-corrected chi connectivity index (χ3v) is 4.73. The highest BCUT2D eigenvalue weighted by Crippen LogP contribution is 2.24. The standard InChI is InChI=1S/C22H22N2O3/c1-15(2)13-18(14-23-27)17-9-7-16(8-10-17)11-12-24-21(25)19-5-3-4-6-20(19)22(24)26/h3-10,14,18,27H,1,11-13H2,2H3. The highest BCUT2D eigenvalue weighted by atomic mass is 16.4. The Morgan fingerprint density at radius 1 is 1.11 bits per heavy atom. The van der Waals surface area contributed by atoms with E-state index in [0.717, 1.165) is 16.7 Å². The van der Waals surface area contributed by atoms with E-state index in [0.29, 0.717) is 30.5 Å². The van der Waals surface area contributed by atoms with Gasteiger partial charge in [-0.2, -0.15) is 0 Å². The van der Waals surface area contributed by atoms with Gasteiger partial charge in [-0.3, -0.25) is 14.5 Å². The molecule has 5 heteroatoms. The van der Waals surface area contributed by atoms with Crippen LogP contribution in [0.2, 0.25) is 0 Å². The van der Waals surface area contributed by atoms with Crippen molar-refractivity contribution in [2.45, 2.75) is 25.7 Å². The summed E-state index contributed by atoms with van der Waals surface area (Å²) in [6, 6.07) is 14.8. The predicted molar refractivity (Wildman–Crippen MR) is 104 cm³/mol. The highest BCUT2D eigenvalue weighted by Gasteiger charge is 2.34. The van der Waals surface area contributed by atoms with E-state index in [1.54, 1.807) is 24.3 Å². The molecule has 1 aliphatic heterocycles. The minimum Gasteiger partial charge on any atom is -0.411 e. The van der Waals surface area contributed by atoms with Gasteiger partial charge in [0.1, 0.15) is 0 Å². The molecule has 2 amide bonds. The maximum atomic E-state index is 12.4. The molecule has 3 rings (SSSR count). The highest BCUT2D eigenvalue weighted by molar-refractivity contribution is 6.21. The van der Waals surface area contributed by atoms with Gasteiger partial charge < -0.3 is 5.21 Å². The van der Waals surface area contributed by atoms with Gasteiger partial charge in [0, 0.05) is 12.5 Å². The lowest BCUT2D eigenvalue weighted by Gasteiger charge is -2.15. The number of rotatable bonds is 7. The maximum absolute atomic E-state index is 12.4. The lowest BCUT2D eigenvalue weighted by molar-refractivity contribution is 0.0656. The topological polar surface area (TPSA) is 70.0 Å². The van der Waals surface area contributed by atoms with E-state index in [1.165, 1.54) is 11.1 Å². The van der Waals surface area contributed by atoms with Crippen LogP contribution in [0.25, 0.3) is 0 Å². The molecule has 1 atom stereocenters. The summed E-state index contributed by atoms with van der Waals surface area (Å²) in [6.07, 6.45) is 2.80. The number of carbonyl (C=O) groups excluding carboxylic acids is 2. The van der Waals surface area contributed by atoms with Gasteiger partial charge in [0.05, 0.1) is 17.3 Å². The van der Waals surface area contributed by atoms with Crippen LogP contribution in [0.1, 0.15) is 51.1 Å². The quantitative estimate of drug-likeness (QED) is 0.266. The van der Waals surface area contributed by atoms with Gasteiger partial charge in [0.15, 0.2) is 0 Å².